The zero-order valence-corrected chi connectivity index (χ0v) is 12.3. The molecule has 108 valence electrons. The molecular formula is C15H19ClN2O2. The molecule has 1 N–H and O–H groups in total. The molecule has 1 heterocycles. The van der Waals surface area contributed by atoms with Gasteiger partial charge in [0.05, 0.1) is 6.54 Å². The van der Waals surface area contributed by atoms with Crippen molar-refractivity contribution in [3.63, 3.8) is 0 Å². The van der Waals surface area contributed by atoms with Gasteiger partial charge in [0.15, 0.2) is 0 Å². The summed E-state index contributed by atoms with van der Waals surface area (Å²) in [5.41, 5.74) is 0.736. The van der Waals surface area contributed by atoms with Crippen LogP contribution < -0.4 is 5.32 Å². The molecule has 1 aliphatic rings. The maximum absolute atomic E-state index is 12.0. The summed E-state index contributed by atoms with van der Waals surface area (Å²) in [6.07, 6.45) is 1.91. The van der Waals surface area contributed by atoms with E-state index in [4.69, 9.17) is 11.6 Å². The summed E-state index contributed by atoms with van der Waals surface area (Å²) in [6, 6.07) is 7.03. The SMILES string of the molecule is CC(=O)C1CCCN(CC(=O)Nc2ccc(Cl)cc2)C1. The van der Waals surface area contributed by atoms with E-state index < -0.39 is 0 Å². The van der Waals surface area contributed by atoms with Gasteiger partial charge in [0, 0.05) is 23.2 Å². The van der Waals surface area contributed by atoms with Gasteiger partial charge in [-0.15, -0.1) is 0 Å². The molecule has 5 heteroatoms. The fourth-order valence-corrected chi connectivity index (χ4v) is 2.59. The molecule has 0 saturated carbocycles. The molecule has 1 fully saturated rings. The number of ketones is 1. The summed E-state index contributed by atoms with van der Waals surface area (Å²) in [5.74, 6) is 0.233. The molecule has 20 heavy (non-hydrogen) atoms. The molecule has 4 nitrogen and oxygen atoms in total. The van der Waals surface area contributed by atoms with Crippen molar-refractivity contribution < 1.29 is 9.59 Å². The molecule has 1 atom stereocenters. The lowest BCUT2D eigenvalue weighted by Gasteiger charge is -2.30. The summed E-state index contributed by atoms with van der Waals surface area (Å²) in [4.78, 5) is 25.4. The number of rotatable bonds is 4. The lowest BCUT2D eigenvalue weighted by molar-refractivity contribution is -0.124. The molecule has 0 aliphatic carbocycles. The van der Waals surface area contributed by atoms with Crippen LogP contribution in [0.4, 0.5) is 5.69 Å². The number of carbonyl (C=O) groups excluding carboxylic acids is 2. The number of Topliss-reactive ketones (excluding diaryl/α,β-unsaturated/α-hetero) is 1. The zero-order valence-electron chi connectivity index (χ0n) is 11.6. The van der Waals surface area contributed by atoms with Crippen molar-refractivity contribution >= 4 is 29.0 Å². The van der Waals surface area contributed by atoms with Crippen molar-refractivity contribution in [3.05, 3.63) is 29.3 Å². The van der Waals surface area contributed by atoms with E-state index >= 15 is 0 Å². The molecular weight excluding hydrogens is 276 g/mol. The van der Waals surface area contributed by atoms with E-state index in [1.54, 1.807) is 31.2 Å². The van der Waals surface area contributed by atoms with Gasteiger partial charge in [0.25, 0.3) is 0 Å². The summed E-state index contributed by atoms with van der Waals surface area (Å²) in [7, 11) is 0. The Labute approximate surface area is 124 Å². The van der Waals surface area contributed by atoms with Crippen molar-refractivity contribution in [1.82, 2.24) is 4.90 Å². The van der Waals surface area contributed by atoms with Gasteiger partial charge in [-0.1, -0.05) is 11.6 Å². The van der Waals surface area contributed by atoms with E-state index in [1.165, 1.54) is 0 Å². The van der Waals surface area contributed by atoms with E-state index in [-0.39, 0.29) is 17.6 Å². The molecule has 0 aromatic heterocycles. The van der Waals surface area contributed by atoms with Crippen LogP contribution in [0.3, 0.4) is 0 Å². The fraction of sp³-hybridized carbons (Fsp3) is 0.467. The second-order valence-corrected chi connectivity index (χ2v) is 5.68. The Bertz CT molecular complexity index is 487. The summed E-state index contributed by atoms with van der Waals surface area (Å²) in [5, 5.41) is 3.48. The highest BCUT2D eigenvalue weighted by Gasteiger charge is 2.24. The minimum absolute atomic E-state index is 0.0588. The summed E-state index contributed by atoms with van der Waals surface area (Å²) in [6.45, 7) is 3.51. The minimum Gasteiger partial charge on any atom is -0.325 e. The van der Waals surface area contributed by atoms with Crippen LogP contribution in [0.25, 0.3) is 0 Å². The minimum atomic E-state index is -0.0588. The van der Waals surface area contributed by atoms with Gasteiger partial charge in [-0.3, -0.25) is 14.5 Å². The largest absolute Gasteiger partial charge is 0.325 e. The van der Waals surface area contributed by atoms with Crippen molar-refractivity contribution in [1.29, 1.82) is 0 Å². The second-order valence-electron chi connectivity index (χ2n) is 5.24. The Kier molecular flexibility index (Phi) is 5.15. The molecule has 1 aromatic rings. The summed E-state index contributed by atoms with van der Waals surface area (Å²) >= 11 is 5.80. The van der Waals surface area contributed by atoms with E-state index in [0.29, 0.717) is 18.1 Å². The number of anilines is 1. The number of amides is 1. The normalized spacial score (nSPS) is 19.6. The average molecular weight is 295 g/mol. The topological polar surface area (TPSA) is 49.4 Å². The van der Waals surface area contributed by atoms with Crippen LogP contribution in [0.1, 0.15) is 19.8 Å². The predicted molar refractivity (Wildman–Crippen MR) is 79.9 cm³/mol. The van der Waals surface area contributed by atoms with Gasteiger partial charge in [0.1, 0.15) is 5.78 Å². The first-order chi connectivity index (χ1) is 9.54. The third kappa shape index (κ3) is 4.32. The number of hydrogen-bond donors (Lipinski definition) is 1. The standard InChI is InChI=1S/C15H19ClN2O2/c1-11(19)12-3-2-8-18(9-12)10-15(20)17-14-6-4-13(16)5-7-14/h4-7,12H,2-3,8-10H2,1H3,(H,17,20). The molecule has 1 aromatic carbocycles. The van der Waals surface area contributed by atoms with Gasteiger partial charge in [-0.25, -0.2) is 0 Å². The van der Waals surface area contributed by atoms with Gasteiger partial charge in [-0.05, 0) is 50.6 Å². The number of benzene rings is 1. The zero-order chi connectivity index (χ0) is 14.5. The van der Waals surface area contributed by atoms with Crippen LogP contribution in [-0.4, -0.2) is 36.2 Å². The number of likely N-dealkylation sites (tertiary alicyclic amines) is 1. The molecule has 0 spiro atoms. The number of halogens is 1. The molecule has 1 aliphatic heterocycles. The Hall–Kier alpha value is -1.39. The average Bonchev–Trinajstić information content (AvgIpc) is 2.41. The van der Waals surface area contributed by atoms with E-state index in [0.717, 1.165) is 25.1 Å². The second kappa shape index (κ2) is 6.86. The van der Waals surface area contributed by atoms with Gasteiger partial charge in [-0.2, -0.15) is 0 Å². The highest BCUT2D eigenvalue weighted by atomic mass is 35.5. The highest BCUT2D eigenvalue weighted by molar-refractivity contribution is 6.30. The molecule has 0 bridgehead atoms. The van der Waals surface area contributed by atoms with Gasteiger partial charge in [0.2, 0.25) is 5.91 Å². The maximum Gasteiger partial charge on any atom is 0.238 e. The Morgan fingerprint density at radius 3 is 2.70 bits per heavy atom. The monoisotopic (exact) mass is 294 g/mol. The van der Waals surface area contributed by atoms with Crippen LogP contribution in [0, 0.1) is 5.92 Å². The van der Waals surface area contributed by atoms with Crippen LogP contribution in [0.15, 0.2) is 24.3 Å². The molecule has 1 unspecified atom stereocenters. The highest BCUT2D eigenvalue weighted by Crippen LogP contribution is 2.17. The first-order valence-corrected chi connectivity index (χ1v) is 7.20. The van der Waals surface area contributed by atoms with Crippen LogP contribution in [0.2, 0.25) is 5.02 Å². The van der Waals surface area contributed by atoms with Crippen molar-refractivity contribution in [2.24, 2.45) is 5.92 Å². The van der Waals surface area contributed by atoms with Crippen LogP contribution in [-0.2, 0) is 9.59 Å². The molecule has 1 amide bonds. The number of carbonyl (C=O) groups is 2. The van der Waals surface area contributed by atoms with E-state index in [2.05, 4.69) is 5.32 Å². The Morgan fingerprint density at radius 2 is 2.05 bits per heavy atom. The number of hydrogen-bond acceptors (Lipinski definition) is 3. The predicted octanol–water partition coefficient (Wildman–Crippen LogP) is 2.58. The number of nitrogens with zero attached hydrogens (tertiary/aromatic N) is 1. The first-order valence-electron chi connectivity index (χ1n) is 6.83. The van der Waals surface area contributed by atoms with Gasteiger partial charge >= 0.3 is 0 Å². The number of piperidine rings is 1. The van der Waals surface area contributed by atoms with Crippen molar-refractivity contribution in [3.8, 4) is 0 Å². The molecule has 2 rings (SSSR count). The fourth-order valence-electron chi connectivity index (χ4n) is 2.47. The van der Waals surface area contributed by atoms with Crippen LogP contribution in [0.5, 0.6) is 0 Å². The Morgan fingerprint density at radius 1 is 1.35 bits per heavy atom. The smallest absolute Gasteiger partial charge is 0.238 e. The lowest BCUT2D eigenvalue weighted by Crippen LogP contribution is -2.42. The van der Waals surface area contributed by atoms with Crippen molar-refractivity contribution in [2.45, 2.75) is 19.8 Å². The van der Waals surface area contributed by atoms with Crippen molar-refractivity contribution in [2.75, 3.05) is 25.0 Å². The quantitative estimate of drug-likeness (QED) is 0.928. The first kappa shape index (κ1) is 15.0. The van der Waals surface area contributed by atoms with E-state index in [1.807, 2.05) is 4.90 Å². The maximum atomic E-state index is 12.0. The van der Waals surface area contributed by atoms with Crippen LogP contribution >= 0.6 is 11.6 Å². The van der Waals surface area contributed by atoms with E-state index in [9.17, 15) is 9.59 Å². The Balaban J connectivity index is 1.85. The molecule has 0 radical (unpaired) electrons. The van der Waals surface area contributed by atoms with Gasteiger partial charge < -0.3 is 5.32 Å². The third-order valence-electron chi connectivity index (χ3n) is 3.58. The summed E-state index contributed by atoms with van der Waals surface area (Å²) < 4.78 is 0. The molecule has 1 saturated heterocycles. The lowest BCUT2D eigenvalue weighted by atomic mass is 9.95. The third-order valence-corrected chi connectivity index (χ3v) is 3.83. The number of nitrogens with one attached hydrogen (secondary N) is 1.